The van der Waals surface area contributed by atoms with E-state index in [1.54, 1.807) is 18.3 Å². The minimum absolute atomic E-state index is 0.106. The Bertz CT molecular complexity index is 632. The van der Waals surface area contributed by atoms with E-state index in [2.05, 4.69) is 4.98 Å². The van der Waals surface area contributed by atoms with Crippen molar-refractivity contribution in [2.24, 2.45) is 0 Å². The number of allylic oxidation sites excluding steroid dienone is 1. The lowest BCUT2D eigenvalue weighted by Crippen LogP contribution is -2.01. The van der Waals surface area contributed by atoms with Crippen LogP contribution in [0.2, 0.25) is 0 Å². The fourth-order valence-electron chi connectivity index (χ4n) is 1.53. The first-order valence-electron chi connectivity index (χ1n) is 4.95. The molecular formula is C13H10N2O. The number of fused-ring (bicyclic) bond motifs is 1. The summed E-state index contributed by atoms with van der Waals surface area (Å²) in [5.74, 6) is 0. The maximum Gasteiger partial charge on any atom is 0.248 e. The van der Waals surface area contributed by atoms with Crippen molar-refractivity contribution in [3.63, 3.8) is 0 Å². The van der Waals surface area contributed by atoms with Gasteiger partial charge in [0.2, 0.25) is 5.56 Å². The molecule has 0 atom stereocenters. The summed E-state index contributed by atoms with van der Waals surface area (Å²) in [5, 5.41) is 10.3. The van der Waals surface area contributed by atoms with Crippen LogP contribution >= 0.6 is 0 Å². The van der Waals surface area contributed by atoms with Gasteiger partial charge in [0.15, 0.2) is 0 Å². The number of nitrogens with one attached hydrogen (secondary N) is 1. The first kappa shape index (κ1) is 10.2. The van der Waals surface area contributed by atoms with E-state index in [9.17, 15) is 4.79 Å². The molecule has 16 heavy (non-hydrogen) atoms. The zero-order chi connectivity index (χ0) is 11.4. The fourth-order valence-corrected chi connectivity index (χ4v) is 1.53. The molecule has 0 amide bonds. The van der Waals surface area contributed by atoms with E-state index in [1.807, 2.05) is 30.3 Å². The van der Waals surface area contributed by atoms with Gasteiger partial charge in [0.25, 0.3) is 0 Å². The molecule has 0 aliphatic carbocycles. The number of hydrogen-bond acceptors (Lipinski definition) is 2. The van der Waals surface area contributed by atoms with Gasteiger partial charge in [0.05, 0.1) is 12.5 Å². The van der Waals surface area contributed by atoms with Gasteiger partial charge in [-0.2, -0.15) is 5.26 Å². The quantitative estimate of drug-likeness (QED) is 0.827. The predicted octanol–water partition coefficient (Wildman–Crippen LogP) is 2.45. The molecule has 0 saturated heterocycles. The highest BCUT2D eigenvalue weighted by atomic mass is 16.1. The molecule has 1 aromatic carbocycles. The lowest BCUT2D eigenvalue weighted by Gasteiger charge is -1.98. The van der Waals surface area contributed by atoms with Gasteiger partial charge < -0.3 is 4.98 Å². The Labute approximate surface area is 92.7 Å². The van der Waals surface area contributed by atoms with Crippen LogP contribution in [-0.4, -0.2) is 4.98 Å². The van der Waals surface area contributed by atoms with E-state index < -0.39 is 0 Å². The van der Waals surface area contributed by atoms with Crippen LogP contribution in [0.4, 0.5) is 0 Å². The summed E-state index contributed by atoms with van der Waals surface area (Å²) in [6, 6.07) is 9.43. The number of H-pyrrole nitrogens is 1. The molecule has 0 aliphatic heterocycles. The van der Waals surface area contributed by atoms with E-state index in [0.717, 1.165) is 16.3 Å². The molecular weight excluding hydrogens is 200 g/mol. The molecule has 0 saturated carbocycles. The van der Waals surface area contributed by atoms with Gasteiger partial charge in [-0.05, 0) is 22.4 Å². The van der Waals surface area contributed by atoms with E-state index in [4.69, 9.17) is 5.26 Å². The summed E-state index contributed by atoms with van der Waals surface area (Å²) < 4.78 is 0. The van der Waals surface area contributed by atoms with Crippen LogP contribution in [0.3, 0.4) is 0 Å². The first-order chi connectivity index (χ1) is 7.79. The Balaban J connectivity index is 2.43. The lowest BCUT2D eigenvalue weighted by molar-refractivity contribution is 1.27. The van der Waals surface area contributed by atoms with Gasteiger partial charge in [-0.25, -0.2) is 0 Å². The van der Waals surface area contributed by atoms with E-state index in [0.29, 0.717) is 6.42 Å². The number of benzene rings is 1. The number of nitrogens with zero attached hydrogens (tertiary/aromatic N) is 1. The van der Waals surface area contributed by atoms with Crippen LogP contribution in [0.1, 0.15) is 12.0 Å². The van der Waals surface area contributed by atoms with Gasteiger partial charge >= 0.3 is 0 Å². The molecule has 2 rings (SSSR count). The van der Waals surface area contributed by atoms with Crippen LogP contribution in [0.5, 0.6) is 0 Å². The van der Waals surface area contributed by atoms with E-state index in [-0.39, 0.29) is 5.56 Å². The summed E-state index contributed by atoms with van der Waals surface area (Å²) >= 11 is 0. The highest BCUT2D eigenvalue weighted by molar-refractivity contribution is 5.83. The predicted molar refractivity (Wildman–Crippen MR) is 63.8 cm³/mol. The summed E-state index contributed by atoms with van der Waals surface area (Å²) in [4.78, 5) is 13.8. The minimum atomic E-state index is -0.106. The topological polar surface area (TPSA) is 56.6 Å². The number of aromatic amines is 1. The average Bonchev–Trinajstić information content (AvgIpc) is 2.29. The molecule has 1 N–H and O–H groups in total. The third-order valence-corrected chi connectivity index (χ3v) is 2.29. The van der Waals surface area contributed by atoms with Crippen molar-refractivity contribution >= 4 is 16.8 Å². The summed E-state index contributed by atoms with van der Waals surface area (Å²) in [6.45, 7) is 0. The third kappa shape index (κ3) is 2.18. The monoisotopic (exact) mass is 210 g/mol. The van der Waals surface area contributed by atoms with Crippen molar-refractivity contribution in [1.82, 2.24) is 4.98 Å². The standard InChI is InChI=1S/C13H10N2O/c14-6-2-1-3-10-4-5-11-9-15-13(16)8-12(11)7-10/h1,3-5,7-9H,2H2,(H,15,16). The number of pyridine rings is 1. The van der Waals surface area contributed by atoms with Gasteiger partial charge in [0, 0.05) is 12.3 Å². The van der Waals surface area contributed by atoms with Crippen LogP contribution < -0.4 is 5.56 Å². The van der Waals surface area contributed by atoms with Crippen LogP contribution in [-0.2, 0) is 0 Å². The van der Waals surface area contributed by atoms with Crippen molar-refractivity contribution in [2.75, 3.05) is 0 Å². The maximum atomic E-state index is 11.1. The van der Waals surface area contributed by atoms with Crippen molar-refractivity contribution in [3.8, 4) is 6.07 Å². The molecule has 0 radical (unpaired) electrons. The Morgan fingerprint density at radius 1 is 1.31 bits per heavy atom. The van der Waals surface area contributed by atoms with Gasteiger partial charge in [0.1, 0.15) is 0 Å². The molecule has 0 spiro atoms. The zero-order valence-electron chi connectivity index (χ0n) is 8.60. The highest BCUT2D eigenvalue weighted by Gasteiger charge is 1.94. The average molecular weight is 210 g/mol. The van der Waals surface area contributed by atoms with E-state index in [1.165, 1.54) is 0 Å². The molecule has 0 bridgehead atoms. The van der Waals surface area contributed by atoms with Crippen molar-refractivity contribution in [3.05, 3.63) is 52.5 Å². The SMILES string of the molecule is N#CCC=Cc1ccc2c[nH]c(=O)cc2c1. The maximum absolute atomic E-state index is 11.1. The minimum Gasteiger partial charge on any atom is -0.328 e. The van der Waals surface area contributed by atoms with Gasteiger partial charge in [-0.15, -0.1) is 0 Å². The Kier molecular flexibility index (Phi) is 2.84. The summed E-state index contributed by atoms with van der Waals surface area (Å²) in [7, 11) is 0. The molecule has 78 valence electrons. The largest absolute Gasteiger partial charge is 0.328 e. The van der Waals surface area contributed by atoms with E-state index >= 15 is 0 Å². The smallest absolute Gasteiger partial charge is 0.248 e. The number of aromatic nitrogens is 1. The van der Waals surface area contributed by atoms with Gasteiger partial charge in [-0.1, -0.05) is 24.3 Å². The zero-order valence-corrected chi connectivity index (χ0v) is 8.60. The normalized spacial score (nSPS) is 10.7. The summed E-state index contributed by atoms with van der Waals surface area (Å²) in [5.41, 5.74) is 0.888. The molecule has 0 fully saturated rings. The second-order valence-corrected chi connectivity index (χ2v) is 3.45. The summed E-state index contributed by atoms with van der Waals surface area (Å²) in [6.07, 6.45) is 5.77. The molecule has 2 aromatic rings. The first-order valence-corrected chi connectivity index (χ1v) is 4.95. The van der Waals surface area contributed by atoms with Gasteiger partial charge in [-0.3, -0.25) is 4.79 Å². The fraction of sp³-hybridized carbons (Fsp3) is 0.0769. The molecule has 3 heteroatoms. The highest BCUT2D eigenvalue weighted by Crippen LogP contribution is 2.14. The molecule has 1 heterocycles. The number of nitriles is 1. The molecule has 3 nitrogen and oxygen atoms in total. The lowest BCUT2D eigenvalue weighted by atomic mass is 10.1. The Morgan fingerprint density at radius 2 is 2.19 bits per heavy atom. The van der Waals surface area contributed by atoms with Crippen LogP contribution in [0, 0.1) is 11.3 Å². The molecule has 0 unspecified atom stereocenters. The second-order valence-electron chi connectivity index (χ2n) is 3.45. The molecule has 1 aromatic heterocycles. The molecule has 0 aliphatic rings. The number of rotatable bonds is 2. The van der Waals surface area contributed by atoms with Crippen molar-refractivity contribution in [2.45, 2.75) is 6.42 Å². The van der Waals surface area contributed by atoms with Crippen molar-refractivity contribution < 1.29 is 0 Å². The Hall–Kier alpha value is -2.34. The van der Waals surface area contributed by atoms with Crippen LogP contribution in [0.25, 0.3) is 16.8 Å². The number of hydrogen-bond donors (Lipinski definition) is 1. The second kappa shape index (κ2) is 4.45. The van der Waals surface area contributed by atoms with Crippen LogP contribution in [0.15, 0.2) is 41.3 Å². The van der Waals surface area contributed by atoms with Crippen molar-refractivity contribution in [1.29, 1.82) is 5.26 Å². The third-order valence-electron chi connectivity index (χ3n) is 2.29. The Morgan fingerprint density at radius 3 is 3.00 bits per heavy atom.